The van der Waals surface area contributed by atoms with Crippen molar-refractivity contribution in [1.82, 2.24) is 9.80 Å². The third-order valence-electron chi connectivity index (χ3n) is 10.4. The smallest absolute Gasteiger partial charge is 0.308 e. The molecule has 302 valence electrons. The van der Waals surface area contributed by atoms with Gasteiger partial charge >= 0.3 is 11.9 Å². The van der Waals surface area contributed by atoms with Crippen LogP contribution in [-0.2, 0) is 23.9 Å². The minimum Gasteiger partial charge on any atom is -0.464 e. The highest BCUT2D eigenvalue weighted by molar-refractivity contribution is 5.79. The van der Waals surface area contributed by atoms with E-state index in [-0.39, 0.29) is 48.8 Å². The van der Waals surface area contributed by atoms with Crippen molar-refractivity contribution in [3.63, 3.8) is 0 Å². The van der Waals surface area contributed by atoms with Gasteiger partial charge in [0, 0.05) is 12.5 Å². The molecule has 0 saturated heterocycles. The minimum atomic E-state index is -0.203. The van der Waals surface area contributed by atoms with Crippen molar-refractivity contribution in [3.05, 3.63) is 0 Å². The lowest BCUT2D eigenvalue weighted by molar-refractivity contribution is -0.153. The van der Waals surface area contributed by atoms with Crippen molar-refractivity contribution in [3.8, 4) is 0 Å². The number of nitrogens with zero attached hydrogens (tertiary/aromatic N) is 2. The van der Waals surface area contributed by atoms with Gasteiger partial charge in [-0.15, -0.1) is 0 Å². The molecular formula is C44H86N2O5. The second kappa shape index (κ2) is 35.4. The molecule has 0 aliphatic carbocycles. The van der Waals surface area contributed by atoms with Gasteiger partial charge in [0.25, 0.3) is 0 Å². The molecule has 0 aromatic rings. The van der Waals surface area contributed by atoms with Gasteiger partial charge in [-0.05, 0) is 45.7 Å². The first-order valence-electron chi connectivity index (χ1n) is 22.1. The van der Waals surface area contributed by atoms with Crippen LogP contribution < -0.4 is 0 Å². The van der Waals surface area contributed by atoms with Crippen LogP contribution in [0.1, 0.15) is 202 Å². The first kappa shape index (κ1) is 49.4. The second-order valence-electron chi connectivity index (χ2n) is 15.5. The zero-order chi connectivity index (χ0) is 38.0. The molecule has 0 radical (unpaired) electrons. The maximum atomic E-state index is 13.7. The van der Waals surface area contributed by atoms with Gasteiger partial charge in [-0.25, -0.2) is 0 Å². The maximum Gasteiger partial charge on any atom is 0.308 e. The summed E-state index contributed by atoms with van der Waals surface area (Å²) < 4.78 is 11.8. The zero-order valence-electron chi connectivity index (χ0n) is 35.1. The highest BCUT2D eigenvalue weighted by atomic mass is 16.5. The minimum absolute atomic E-state index is 0.0245. The van der Waals surface area contributed by atoms with Crippen LogP contribution in [0.3, 0.4) is 0 Å². The fourth-order valence-electron chi connectivity index (χ4n) is 7.15. The van der Waals surface area contributed by atoms with Gasteiger partial charge in [0.05, 0.1) is 24.9 Å². The normalized spacial score (nSPS) is 13.3. The summed E-state index contributed by atoms with van der Waals surface area (Å²) >= 11 is 0. The Labute approximate surface area is 317 Å². The summed E-state index contributed by atoms with van der Waals surface area (Å²) in [7, 11) is 2.05. The van der Waals surface area contributed by atoms with Gasteiger partial charge in [0.1, 0.15) is 13.2 Å². The van der Waals surface area contributed by atoms with E-state index >= 15 is 0 Å². The van der Waals surface area contributed by atoms with Crippen molar-refractivity contribution >= 4 is 17.8 Å². The summed E-state index contributed by atoms with van der Waals surface area (Å²) in [6, 6.07) is 0. The van der Waals surface area contributed by atoms with Crippen molar-refractivity contribution < 1.29 is 23.9 Å². The van der Waals surface area contributed by atoms with Gasteiger partial charge < -0.3 is 19.3 Å². The Bertz CT molecular complexity index is 771. The predicted octanol–water partition coefficient (Wildman–Crippen LogP) is 11.6. The van der Waals surface area contributed by atoms with Gasteiger partial charge in [-0.2, -0.15) is 0 Å². The van der Waals surface area contributed by atoms with E-state index in [1.165, 1.54) is 89.9 Å². The number of ether oxygens (including phenoxy) is 2. The van der Waals surface area contributed by atoms with Crippen molar-refractivity contribution in [2.75, 3.05) is 46.4 Å². The number of carbonyl (C=O) groups excluding carboxylic acids is 3. The fraction of sp³-hybridized carbons (Fsp3) is 0.932. The zero-order valence-corrected chi connectivity index (χ0v) is 35.1. The van der Waals surface area contributed by atoms with Crippen LogP contribution >= 0.6 is 0 Å². The second-order valence-corrected chi connectivity index (χ2v) is 15.5. The number of esters is 2. The van der Waals surface area contributed by atoms with E-state index in [2.05, 4.69) is 46.6 Å². The average Bonchev–Trinajstić information content (AvgIpc) is 3.11. The van der Waals surface area contributed by atoms with E-state index in [0.29, 0.717) is 19.6 Å². The Morgan fingerprint density at radius 1 is 0.471 bits per heavy atom. The standard InChI is InChI=1S/C44H86N2O5/c1-8-13-17-21-23-27-31-40(29-25-19-15-10-3)43(48)50-36-34-46(42(47)39(6)38-45(7)33-12-5)35-37-51-44(49)41(30-26-20-16-11-4)32-28-24-22-18-14-9-2/h39-41H,8-38H2,1-7H3. The number of unbranched alkanes of at least 4 members (excludes halogenated alkanes) is 16. The van der Waals surface area contributed by atoms with Crippen LogP contribution in [0.4, 0.5) is 0 Å². The Kier molecular flexibility index (Phi) is 34.3. The molecule has 0 fully saturated rings. The molecule has 0 aromatic carbocycles. The van der Waals surface area contributed by atoms with Crippen LogP contribution in [0.5, 0.6) is 0 Å². The lowest BCUT2D eigenvalue weighted by Gasteiger charge is -2.28. The molecule has 0 aliphatic rings. The molecule has 0 aromatic heterocycles. The number of amides is 1. The van der Waals surface area contributed by atoms with Crippen LogP contribution in [0.15, 0.2) is 0 Å². The molecule has 7 nitrogen and oxygen atoms in total. The quantitative estimate of drug-likeness (QED) is 0.0469. The first-order valence-corrected chi connectivity index (χ1v) is 22.1. The maximum absolute atomic E-state index is 13.7. The highest BCUT2D eigenvalue weighted by Crippen LogP contribution is 2.22. The molecule has 0 aliphatic heterocycles. The summed E-state index contributed by atoms with van der Waals surface area (Å²) in [5.74, 6) is -0.547. The van der Waals surface area contributed by atoms with Gasteiger partial charge in [0.15, 0.2) is 0 Å². The number of carbonyl (C=O) groups is 3. The van der Waals surface area contributed by atoms with Crippen molar-refractivity contribution in [2.24, 2.45) is 17.8 Å². The summed E-state index contributed by atoms with van der Waals surface area (Å²) in [5, 5.41) is 0. The molecule has 0 bridgehead atoms. The van der Waals surface area contributed by atoms with E-state index < -0.39 is 0 Å². The third-order valence-corrected chi connectivity index (χ3v) is 10.4. The molecule has 1 amide bonds. The van der Waals surface area contributed by atoms with Crippen LogP contribution in [0, 0.1) is 17.8 Å². The van der Waals surface area contributed by atoms with E-state index in [4.69, 9.17) is 9.47 Å². The lowest BCUT2D eigenvalue weighted by Crippen LogP contribution is -2.43. The molecule has 0 N–H and O–H groups in total. The molecule has 3 unspecified atom stereocenters. The summed E-state index contributed by atoms with van der Waals surface area (Å²) in [6.07, 6.45) is 28.2. The summed E-state index contributed by atoms with van der Waals surface area (Å²) in [5.41, 5.74) is 0. The van der Waals surface area contributed by atoms with Crippen LogP contribution in [0.2, 0.25) is 0 Å². The van der Waals surface area contributed by atoms with E-state index in [1.807, 2.05) is 6.92 Å². The third kappa shape index (κ3) is 27.6. The largest absolute Gasteiger partial charge is 0.464 e. The molecule has 51 heavy (non-hydrogen) atoms. The average molecular weight is 723 g/mol. The van der Waals surface area contributed by atoms with Gasteiger partial charge in [-0.1, -0.05) is 170 Å². The molecular weight excluding hydrogens is 636 g/mol. The van der Waals surface area contributed by atoms with Crippen LogP contribution in [-0.4, -0.2) is 74.1 Å². The molecule has 0 heterocycles. The number of hydrogen-bond donors (Lipinski definition) is 0. The van der Waals surface area contributed by atoms with Crippen molar-refractivity contribution in [1.29, 1.82) is 0 Å². The Morgan fingerprint density at radius 2 is 0.804 bits per heavy atom. The fourth-order valence-corrected chi connectivity index (χ4v) is 7.15. The predicted molar refractivity (Wildman–Crippen MR) is 216 cm³/mol. The molecule has 0 rings (SSSR count). The highest BCUT2D eigenvalue weighted by Gasteiger charge is 2.25. The van der Waals surface area contributed by atoms with E-state index in [9.17, 15) is 14.4 Å². The van der Waals surface area contributed by atoms with E-state index in [1.54, 1.807) is 4.90 Å². The summed E-state index contributed by atoms with van der Waals surface area (Å²) in [4.78, 5) is 44.4. The number of hydrogen-bond acceptors (Lipinski definition) is 6. The molecule has 7 heteroatoms. The Balaban J connectivity index is 5.37. The molecule has 0 spiro atoms. The van der Waals surface area contributed by atoms with E-state index in [0.717, 1.165) is 77.2 Å². The Morgan fingerprint density at radius 3 is 1.16 bits per heavy atom. The summed E-state index contributed by atoms with van der Waals surface area (Å²) in [6.45, 7) is 15.6. The topological polar surface area (TPSA) is 76.1 Å². The van der Waals surface area contributed by atoms with Gasteiger partial charge in [-0.3, -0.25) is 14.4 Å². The first-order chi connectivity index (χ1) is 24.7. The SMILES string of the molecule is CCCCCCCCC(CCCCCC)C(=O)OCCN(CCOC(=O)C(CCCCCC)CCCCCCCC)C(=O)C(C)CN(C)CCC. The molecule has 3 atom stereocenters. The lowest BCUT2D eigenvalue weighted by atomic mass is 9.94. The Hall–Kier alpha value is -1.63. The van der Waals surface area contributed by atoms with Crippen LogP contribution in [0.25, 0.3) is 0 Å². The number of rotatable bonds is 37. The monoisotopic (exact) mass is 723 g/mol. The van der Waals surface area contributed by atoms with Gasteiger partial charge in [0.2, 0.25) is 5.91 Å². The van der Waals surface area contributed by atoms with Crippen molar-refractivity contribution in [2.45, 2.75) is 202 Å². The molecule has 0 saturated carbocycles.